The fourth-order valence-electron chi connectivity index (χ4n) is 2.91. The van der Waals surface area contributed by atoms with Crippen molar-refractivity contribution in [1.29, 1.82) is 0 Å². The molecule has 124 valence electrons. The molecule has 3 rings (SSSR count). The largest absolute Gasteiger partial charge is 0.419 e. The quantitative estimate of drug-likeness (QED) is 0.840. The second-order valence-electron chi connectivity index (χ2n) is 5.63. The van der Waals surface area contributed by atoms with E-state index in [1.165, 1.54) is 17.8 Å². The average Bonchev–Trinajstić information content (AvgIpc) is 3.08. The van der Waals surface area contributed by atoms with Gasteiger partial charge in [-0.05, 0) is 41.4 Å². The third-order valence-electron chi connectivity index (χ3n) is 4.28. The van der Waals surface area contributed by atoms with Gasteiger partial charge in [0.2, 0.25) is 0 Å². The first-order valence-corrected chi connectivity index (χ1v) is 8.44. The normalized spacial score (nSPS) is 18.2. The molecule has 0 radical (unpaired) electrons. The Bertz CT molecular complexity index is 634. The second-order valence-corrected chi connectivity index (χ2v) is 6.41. The maximum absolute atomic E-state index is 13.1. The highest BCUT2D eigenvalue weighted by molar-refractivity contribution is 7.07. The first kappa shape index (κ1) is 16.3. The van der Waals surface area contributed by atoms with Crippen LogP contribution in [0.25, 0.3) is 0 Å². The van der Waals surface area contributed by atoms with Gasteiger partial charge in [-0.2, -0.15) is 24.5 Å². The Morgan fingerprint density at radius 1 is 1.17 bits per heavy atom. The van der Waals surface area contributed by atoms with E-state index < -0.39 is 11.7 Å². The van der Waals surface area contributed by atoms with Gasteiger partial charge < -0.3 is 4.90 Å². The number of thiophene rings is 1. The Morgan fingerprint density at radius 2 is 1.91 bits per heavy atom. The molecular formula is C16H18F3N3S. The summed E-state index contributed by atoms with van der Waals surface area (Å²) < 4.78 is 39.4. The number of piperazine rings is 1. The number of nitrogens with zero attached hydrogens (tertiary/aromatic N) is 3. The third-order valence-corrected chi connectivity index (χ3v) is 4.98. The van der Waals surface area contributed by atoms with Gasteiger partial charge in [0.25, 0.3) is 0 Å². The molecule has 3 heterocycles. The van der Waals surface area contributed by atoms with E-state index in [-0.39, 0.29) is 11.9 Å². The fourth-order valence-corrected chi connectivity index (χ4v) is 3.66. The summed E-state index contributed by atoms with van der Waals surface area (Å²) in [5.41, 5.74) is 0.608. The van der Waals surface area contributed by atoms with Crippen molar-refractivity contribution in [3.63, 3.8) is 0 Å². The van der Waals surface area contributed by atoms with Crippen molar-refractivity contribution in [2.24, 2.45) is 0 Å². The number of rotatable bonds is 3. The summed E-state index contributed by atoms with van der Waals surface area (Å²) in [5, 5.41) is 4.17. The van der Waals surface area contributed by atoms with Gasteiger partial charge in [0.15, 0.2) is 0 Å². The number of hydrogen-bond donors (Lipinski definition) is 0. The molecule has 2 aromatic heterocycles. The molecule has 1 fully saturated rings. The van der Waals surface area contributed by atoms with Crippen LogP contribution in [-0.4, -0.2) is 36.1 Å². The van der Waals surface area contributed by atoms with E-state index >= 15 is 0 Å². The van der Waals surface area contributed by atoms with Crippen LogP contribution in [0.1, 0.15) is 24.1 Å². The van der Waals surface area contributed by atoms with Crippen LogP contribution in [0.4, 0.5) is 19.0 Å². The van der Waals surface area contributed by atoms with Crippen LogP contribution < -0.4 is 4.90 Å². The molecule has 1 aliphatic rings. The van der Waals surface area contributed by atoms with Gasteiger partial charge in [-0.25, -0.2) is 4.98 Å². The van der Waals surface area contributed by atoms with Crippen LogP contribution in [0.3, 0.4) is 0 Å². The zero-order valence-electron chi connectivity index (χ0n) is 12.8. The molecule has 0 bridgehead atoms. The topological polar surface area (TPSA) is 19.4 Å². The van der Waals surface area contributed by atoms with E-state index in [4.69, 9.17) is 0 Å². The summed E-state index contributed by atoms with van der Waals surface area (Å²) in [5.74, 6) is 0.0443. The number of alkyl halides is 3. The molecular weight excluding hydrogens is 323 g/mol. The maximum atomic E-state index is 13.1. The summed E-state index contributed by atoms with van der Waals surface area (Å²) >= 11 is 1.66. The van der Waals surface area contributed by atoms with Crippen molar-refractivity contribution in [3.05, 3.63) is 46.3 Å². The molecule has 1 unspecified atom stereocenters. The van der Waals surface area contributed by atoms with Crippen LogP contribution >= 0.6 is 11.3 Å². The van der Waals surface area contributed by atoms with Crippen molar-refractivity contribution in [2.45, 2.75) is 19.1 Å². The van der Waals surface area contributed by atoms with Gasteiger partial charge in [0, 0.05) is 38.4 Å². The van der Waals surface area contributed by atoms with Gasteiger partial charge in [0.05, 0.1) is 5.56 Å². The number of aromatic nitrogens is 1. The SMILES string of the molecule is CC(c1ccsc1)N1CCN(c2ncccc2C(F)(F)F)CC1. The first-order valence-electron chi connectivity index (χ1n) is 7.50. The number of halogens is 3. The molecule has 0 amide bonds. The van der Waals surface area contributed by atoms with E-state index in [1.54, 1.807) is 16.2 Å². The van der Waals surface area contributed by atoms with Gasteiger partial charge in [0.1, 0.15) is 5.82 Å². The van der Waals surface area contributed by atoms with E-state index in [0.717, 1.165) is 19.2 Å². The minimum absolute atomic E-state index is 0.0443. The molecule has 23 heavy (non-hydrogen) atoms. The van der Waals surface area contributed by atoms with Gasteiger partial charge in [-0.15, -0.1) is 0 Å². The summed E-state index contributed by atoms with van der Waals surface area (Å²) in [6.45, 7) is 4.69. The van der Waals surface area contributed by atoms with E-state index in [1.807, 2.05) is 5.38 Å². The summed E-state index contributed by atoms with van der Waals surface area (Å²) in [4.78, 5) is 8.01. The Labute approximate surface area is 137 Å². The van der Waals surface area contributed by atoms with Crippen molar-refractivity contribution in [1.82, 2.24) is 9.88 Å². The van der Waals surface area contributed by atoms with Crippen molar-refractivity contribution < 1.29 is 13.2 Å². The average molecular weight is 341 g/mol. The molecule has 0 spiro atoms. The van der Waals surface area contributed by atoms with Crippen LogP contribution in [0.5, 0.6) is 0 Å². The van der Waals surface area contributed by atoms with Gasteiger partial charge in [-0.3, -0.25) is 4.90 Å². The van der Waals surface area contributed by atoms with Crippen LogP contribution in [0.2, 0.25) is 0 Å². The zero-order chi connectivity index (χ0) is 16.4. The van der Waals surface area contributed by atoms with E-state index in [9.17, 15) is 13.2 Å². The molecule has 3 nitrogen and oxygen atoms in total. The predicted molar refractivity (Wildman–Crippen MR) is 85.8 cm³/mol. The van der Waals surface area contributed by atoms with Gasteiger partial charge >= 0.3 is 6.18 Å². The Balaban J connectivity index is 1.70. The summed E-state index contributed by atoms with van der Waals surface area (Å²) in [6.07, 6.45) is -2.95. The number of hydrogen-bond acceptors (Lipinski definition) is 4. The fraction of sp³-hybridized carbons (Fsp3) is 0.438. The summed E-state index contributed by atoms with van der Waals surface area (Å²) in [7, 11) is 0. The predicted octanol–water partition coefficient (Wildman–Crippen LogP) is 4.05. The smallest absolute Gasteiger partial charge is 0.354 e. The lowest BCUT2D eigenvalue weighted by Crippen LogP contribution is -2.47. The van der Waals surface area contributed by atoms with Crippen LogP contribution in [0.15, 0.2) is 35.2 Å². The van der Waals surface area contributed by atoms with Crippen molar-refractivity contribution in [3.8, 4) is 0 Å². The molecule has 7 heteroatoms. The summed E-state index contributed by atoms with van der Waals surface area (Å²) in [6, 6.07) is 4.82. The van der Waals surface area contributed by atoms with E-state index in [0.29, 0.717) is 13.1 Å². The molecule has 0 aromatic carbocycles. The first-order chi connectivity index (χ1) is 11.0. The molecule has 1 aliphatic heterocycles. The molecule has 1 saturated heterocycles. The van der Waals surface area contributed by atoms with E-state index in [2.05, 4.69) is 28.3 Å². The molecule has 0 N–H and O–H groups in total. The zero-order valence-corrected chi connectivity index (χ0v) is 13.6. The highest BCUT2D eigenvalue weighted by atomic mass is 32.1. The Hall–Kier alpha value is -1.60. The monoisotopic (exact) mass is 341 g/mol. The van der Waals surface area contributed by atoms with Crippen molar-refractivity contribution in [2.75, 3.05) is 31.1 Å². The standard InChI is InChI=1S/C16H18F3N3S/c1-12(13-4-10-23-11-13)21-6-8-22(9-7-21)15-14(16(17,18)19)3-2-5-20-15/h2-5,10-12H,6-9H2,1H3. The molecule has 0 aliphatic carbocycles. The Morgan fingerprint density at radius 3 is 2.52 bits per heavy atom. The third kappa shape index (κ3) is 3.50. The molecule has 1 atom stereocenters. The maximum Gasteiger partial charge on any atom is 0.419 e. The van der Waals surface area contributed by atoms with Crippen LogP contribution in [-0.2, 0) is 6.18 Å². The second kappa shape index (κ2) is 6.49. The highest BCUT2D eigenvalue weighted by Gasteiger charge is 2.36. The van der Waals surface area contributed by atoms with Crippen molar-refractivity contribution >= 4 is 17.2 Å². The lowest BCUT2D eigenvalue weighted by Gasteiger charge is -2.39. The minimum Gasteiger partial charge on any atom is -0.354 e. The van der Waals surface area contributed by atoms with Gasteiger partial charge in [-0.1, -0.05) is 0 Å². The molecule has 2 aromatic rings. The van der Waals surface area contributed by atoms with Crippen LogP contribution in [0, 0.1) is 0 Å². The molecule has 0 saturated carbocycles. The minimum atomic E-state index is -4.37. The number of pyridine rings is 1. The highest BCUT2D eigenvalue weighted by Crippen LogP contribution is 2.35. The lowest BCUT2D eigenvalue weighted by atomic mass is 10.1. The Kier molecular flexibility index (Phi) is 4.59. The lowest BCUT2D eigenvalue weighted by molar-refractivity contribution is -0.137. The number of anilines is 1.